The van der Waals surface area contributed by atoms with Crippen molar-refractivity contribution in [1.82, 2.24) is 0 Å². The summed E-state index contributed by atoms with van der Waals surface area (Å²) in [5.41, 5.74) is 4.87. The number of hydrogen-bond acceptors (Lipinski definition) is 2. The first-order valence-corrected chi connectivity index (χ1v) is 8.40. The van der Waals surface area contributed by atoms with Crippen molar-refractivity contribution in [3.05, 3.63) is 41.1 Å². The van der Waals surface area contributed by atoms with Crippen LogP contribution in [0.1, 0.15) is 57.6 Å². The largest absolute Gasteiger partial charge is 0.361 e. The van der Waals surface area contributed by atoms with Gasteiger partial charge < -0.3 is 5.32 Å². The lowest BCUT2D eigenvalue weighted by Gasteiger charge is -2.36. The van der Waals surface area contributed by atoms with E-state index < -0.39 is 0 Å². The third-order valence-electron chi connectivity index (χ3n) is 5.57. The van der Waals surface area contributed by atoms with Crippen molar-refractivity contribution in [2.24, 2.45) is 11.3 Å². The monoisotopic (exact) mass is 299 g/mol. The molecule has 0 aliphatic heterocycles. The summed E-state index contributed by atoms with van der Waals surface area (Å²) >= 11 is 0. The van der Waals surface area contributed by atoms with Gasteiger partial charge in [-0.05, 0) is 55.2 Å². The van der Waals surface area contributed by atoms with Gasteiger partial charge in [0.15, 0.2) is 5.78 Å². The molecule has 2 heteroatoms. The van der Waals surface area contributed by atoms with Gasteiger partial charge in [-0.3, -0.25) is 4.79 Å². The topological polar surface area (TPSA) is 29.1 Å². The summed E-state index contributed by atoms with van der Waals surface area (Å²) in [6.07, 6.45) is 5.72. The zero-order valence-electron chi connectivity index (χ0n) is 14.6. The molecule has 1 aliphatic rings. The molecule has 1 atom stereocenters. The predicted molar refractivity (Wildman–Crippen MR) is 94.0 cm³/mol. The molecule has 0 aromatic heterocycles. The van der Waals surface area contributed by atoms with Crippen LogP contribution in [0.2, 0.25) is 0 Å². The minimum atomic E-state index is 0.305. The molecule has 0 spiro atoms. The summed E-state index contributed by atoms with van der Waals surface area (Å²) in [5, 5.41) is 3.36. The molecule has 1 saturated carbocycles. The van der Waals surface area contributed by atoms with Crippen molar-refractivity contribution in [2.75, 3.05) is 5.32 Å². The number of nitrogens with one attached hydrogen (secondary N) is 1. The van der Waals surface area contributed by atoms with Crippen LogP contribution in [0.5, 0.6) is 0 Å². The molecule has 0 saturated heterocycles. The summed E-state index contributed by atoms with van der Waals surface area (Å²) in [7, 11) is 0. The number of allylic oxidation sites excluding steroid dienone is 1. The summed E-state index contributed by atoms with van der Waals surface area (Å²) in [5.74, 6) is 0.905. The molecule has 0 unspecified atom stereocenters. The van der Waals surface area contributed by atoms with Crippen LogP contribution in [-0.4, -0.2) is 5.78 Å². The fraction of sp³-hybridized carbons (Fsp3) is 0.550. The zero-order chi connectivity index (χ0) is 16.3. The quantitative estimate of drug-likeness (QED) is 0.754. The molecule has 1 aromatic rings. The first kappa shape index (κ1) is 16.8. The van der Waals surface area contributed by atoms with Gasteiger partial charge in [-0.25, -0.2) is 0 Å². The number of hydrogen-bond donors (Lipinski definition) is 1. The van der Waals surface area contributed by atoms with Gasteiger partial charge in [0, 0.05) is 23.9 Å². The average molecular weight is 299 g/mol. The van der Waals surface area contributed by atoms with Gasteiger partial charge in [0.25, 0.3) is 0 Å². The maximum Gasteiger partial charge on any atom is 0.160 e. The van der Waals surface area contributed by atoms with Gasteiger partial charge in [0.1, 0.15) is 0 Å². The molecule has 120 valence electrons. The smallest absolute Gasteiger partial charge is 0.160 e. The van der Waals surface area contributed by atoms with E-state index in [9.17, 15) is 4.79 Å². The number of aryl methyl sites for hydroxylation is 1. The molecular weight excluding hydrogens is 270 g/mol. The maximum absolute atomic E-state index is 12.2. The number of rotatable bonds is 4. The second-order valence-corrected chi connectivity index (χ2v) is 7.27. The minimum Gasteiger partial charge on any atom is -0.361 e. The van der Waals surface area contributed by atoms with Gasteiger partial charge in [-0.1, -0.05) is 39.3 Å². The lowest BCUT2D eigenvalue weighted by atomic mass is 9.68. The number of carbonyl (C=O) groups is 1. The Labute approximate surface area is 135 Å². The average Bonchev–Trinajstić information content (AvgIpc) is 2.50. The van der Waals surface area contributed by atoms with Crippen LogP contribution in [-0.2, 0) is 4.79 Å². The van der Waals surface area contributed by atoms with Crippen LogP contribution in [0.25, 0.3) is 0 Å². The minimum absolute atomic E-state index is 0.305. The van der Waals surface area contributed by atoms with E-state index in [4.69, 9.17) is 0 Å². The number of benzene rings is 1. The van der Waals surface area contributed by atoms with E-state index in [1.807, 2.05) is 6.20 Å². The van der Waals surface area contributed by atoms with Crippen molar-refractivity contribution in [1.29, 1.82) is 0 Å². The Balaban J connectivity index is 2.15. The second kappa shape index (κ2) is 6.68. The van der Waals surface area contributed by atoms with Crippen LogP contribution in [0.3, 0.4) is 0 Å². The van der Waals surface area contributed by atoms with E-state index in [0.29, 0.717) is 23.5 Å². The van der Waals surface area contributed by atoms with E-state index in [1.54, 1.807) is 0 Å². The van der Waals surface area contributed by atoms with Crippen LogP contribution < -0.4 is 5.32 Å². The van der Waals surface area contributed by atoms with E-state index in [2.05, 4.69) is 58.1 Å². The van der Waals surface area contributed by atoms with Gasteiger partial charge in [-0.15, -0.1) is 0 Å². The van der Waals surface area contributed by atoms with Crippen molar-refractivity contribution in [3.8, 4) is 0 Å². The summed E-state index contributed by atoms with van der Waals surface area (Å²) in [4.78, 5) is 12.2. The van der Waals surface area contributed by atoms with Crippen LogP contribution in [0.4, 0.5) is 5.69 Å². The number of anilines is 1. The Hall–Kier alpha value is -1.57. The molecule has 2 rings (SSSR count). The third kappa shape index (κ3) is 3.60. The maximum atomic E-state index is 12.2. The lowest BCUT2D eigenvalue weighted by Crippen LogP contribution is -2.29. The molecule has 0 amide bonds. The predicted octanol–water partition coefficient (Wildman–Crippen LogP) is 5.40. The Morgan fingerprint density at radius 3 is 2.73 bits per heavy atom. The molecule has 2 nitrogen and oxygen atoms in total. The van der Waals surface area contributed by atoms with Crippen LogP contribution in [0, 0.1) is 25.2 Å². The Morgan fingerprint density at radius 2 is 2.05 bits per heavy atom. The Bertz CT molecular complexity index is 583. The highest BCUT2D eigenvalue weighted by Gasteiger charge is 2.33. The standard InChI is InChI=1S/C20H29NO/c1-6-20(4,5)17-10-11-19(22)16(12-17)13-21-18-9-7-8-14(2)15(18)3/h7-9,13,17,21H,6,10-12H2,1-5H3/b16-13+/t17-/m1/s1. The lowest BCUT2D eigenvalue weighted by molar-refractivity contribution is -0.117. The van der Waals surface area contributed by atoms with Crippen molar-refractivity contribution in [3.63, 3.8) is 0 Å². The number of Topliss-reactive ketones (excluding diaryl/α,β-unsaturated/α-hetero) is 1. The highest BCUT2D eigenvalue weighted by atomic mass is 16.1. The van der Waals surface area contributed by atoms with Crippen LogP contribution in [0.15, 0.2) is 30.0 Å². The first-order valence-electron chi connectivity index (χ1n) is 8.40. The highest BCUT2D eigenvalue weighted by molar-refractivity contribution is 5.96. The van der Waals surface area contributed by atoms with Gasteiger partial charge >= 0.3 is 0 Å². The molecule has 1 fully saturated rings. The van der Waals surface area contributed by atoms with Gasteiger partial charge in [0.05, 0.1) is 0 Å². The number of carbonyl (C=O) groups excluding carboxylic acids is 1. The Kier molecular flexibility index (Phi) is 5.10. The molecule has 0 heterocycles. The van der Waals surface area contributed by atoms with Crippen LogP contribution >= 0.6 is 0 Å². The normalized spacial score (nSPS) is 21.2. The van der Waals surface area contributed by atoms with E-state index in [0.717, 1.165) is 30.5 Å². The molecule has 1 aromatic carbocycles. The highest BCUT2D eigenvalue weighted by Crippen LogP contribution is 2.41. The number of ketones is 1. The fourth-order valence-corrected chi connectivity index (χ4v) is 3.11. The van der Waals surface area contributed by atoms with Crippen molar-refractivity contribution >= 4 is 11.5 Å². The van der Waals surface area contributed by atoms with E-state index >= 15 is 0 Å². The SMILES string of the molecule is CCC(C)(C)[C@@H]1CCC(=O)/C(=C/Nc2cccc(C)c2C)C1. The first-order chi connectivity index (χ1) is 10.3. The molecular formula is C20H29NO. The summed E-state index contributed by atoms with van der Waals surface area (Å²) in [6.45, 7) is 11.1. The molecule has 1 N–H and O–H groups in total. The van der Waals surface area contributed by atoms with Crippen molar-refractivity contribution in [2.45, 2.75) is 60.3 Å². The fourth-order valence-electron chi connectivity index (χ4n) is 3.11. The van der Waals surface area contributed by atoms with Gasteiger partial charge in [0.2, 0.25) is 0 Å². The van der Waals surface area contributed by atoms with E-state index in [-0.39, 0.29) is 0 Å². The molecule has 0 radical (unpaired) electrons. The summed E-state index contributed by atoms with van der Waals surface area (Å²) in [6, 6.07) is 6.23. The second-order valence-electron chi connectivity index (χ2n) is 7.27. The Morgan fingerprint density at radius 1 is 1.32 bits per heavy atom. The zero-order valence-corrected chi connectivity index (χ0v) is 14.6. The van der Waals surface area contributed by atoms with Crippen molar-refractivity contribution < 1.29 is 4.79 Å². The molecule has 1 aliphatic carbocycles. The molecule has 0 bridgehead atoms. The molecule has 22 heavy (non-hydrogen) atoms. The van der Waals surface area contributed by atoms with E-state index in [1.165, 1.54) is 11.1 Å². The summed E-state index contributed by atoms with van der Waals surface area (Å²) < 4.78 is 0. The third-order valence-corrected chi connectivity index (χ3v) is 5.57. The van der Waals surface area contributed by atoms with Gasteiger partial charge in [-0.2, -0.15) is 0 Å².